The molecule has 2 aromatic rings. The molecule has 5 heteroatoms. The standard InChI is InChI=1S/C15H10FNO2S/c16-20(18,19)15-8-6-12(7-9-15)4-5-13-2-1-3-14(10-13)11-17/h1-10H. The average molecular weight is 287 g/mol. The van der Waals surface area contributed by atoms with Crippen molar-refractivity contribution in [3.63, 3.8) is 0 Å². The van der Waals surface area contributed by atoms with Gasteiger partial charge in [-0.05, 0) is 35.4 Å². The summed E-state index contributed by atoms with van der Waals surface area (Å²) in [6, 6.07) is 14.5. The van der Waals surface area contributed by atoms with Crippen LogP contribution in [0.1, 0.15) is 16.7 Å². The Hall–Kier alpha value is -2.45. The zero-order chi connectivity index (χ0) is 14.6. The maximum absolute atomic E-state index is 12.7. The van der Waals surface area contributed by atoms with Crippen LogP contribution >= 0.6 is 0 Å². The monoisotopic (exact) mass is 287 g/mol. The van der Waals surface area contributed by atoms with E-state index in [4.69, 9.17) is 5.26 Å². The highest BCUT2D eigenvalue weighted by molar-refractivity contribution is 7.86. The highest BCUT2D eigenvalue weighted by Crippen LogP contribution is 2.15. The third-order valence-electron chi connectivity index (χ3n) is 2.65. The van der Waals surface area contributed by atoms with Crippen molar-refractivity contribution in [2.75, 3.05) is 0 Å². The molecule has 2 rings (SSSR count). The molecule has 0 unspecified atom stereocenters. The van der Waals surface area contributed by atoms with E-state index >= 15 is 0 Å². The second-order valence-electron chi connectivity index (χ2n) is 4.08. The fraction of sp³-hybridized carbons (Fsp3) is 0. The molecule has 0 heterocycles. The summed E-state index contributed by atoms with van der Waals surface area (Å²) in [6.45, 7) is 0. The summed E-state index contributed by atoms with van der Waals surface area (Å²) in [5.41, 5.74) is 2.15. The Morgan fingerprint density at radius 1 is 1.00 bits per heavy atom. The van der Waals surface area contributed by atoms with Gasteiger partial charge in [-0.15, -0.1) is 3.89 Å². The molecule has 0 amide bonds. The van der Waals surface area contributed by atoms with Gasteiger partial charge in [-0.2, -0.15) is 13.7 Å². The molecular weight excluding hydrogens is 277 g/mol. The van der Waals surface area contributed by atoms with Gasteiger partial charge in [0.25, 0.3) is 0 Å². The van der Waals surface area contributed by atoms with Gasteiger partial charge < -0.3 is 0 Å². The Labute approximate surface area is 116 Å². The molecule has 0 aliphatic carbocycles. The van der Waals surface area contributed by atoms with Crippen molar-refractivity contribution in [1.82, 2.24) is 0 Å². The smallest absolute Gasteiger partial charge is 0.192 e. The van der Waals surface area contributed by atoms with Crippen LogP contribution in [-0.2, 0) is 10.2 Å². The van der Waals surface area contributed by atoms with Gasteiger partial charge in [-0.25, -0.2) is 0 Å². The molecule has 3 nitrogen and oxygen atoms in total. The van der Waals surface area contributed by atoms with E-state index in [2.05, 4.69) is 0 Å². The van der Waals surface area contributed by atoms with Gasteiger partial charge in [0.15, 0.2) is 0 Å². The quantitative estimate of drug-likeness (QED) is 0.642. The first kappa shape index (κ1) is 14.0. The second kappa shape index (κ2) is 5.68. The van der Waals surface area contributed by atoms with Crippen LogP contribution in [0.4, 0.5) is 3.89 Å². The molecule has 0 atom stereocenters. The molecule has 2 aromatic carbocycles. The normalized spacial score (nSPS) is 11.4. The Morgan fingerprint density at radius 3 is 2.25 bits per heavy atom. The Balaban J connectivity index is 2.22. The van der Waals surface area contributed by atoms with Crippen molar-refractivity contribution < 1.29 is 12.3 Å². The van der Waals surface area contributed by atoms with Crippen molar-refractivity contribution >= 4 is 22.4 Å². The minimum absolute atomic E-state index is 0.360. The third-order valence-corrected chi connectivity index (χ3v) is 3.48. The Kier molecular flexibility index (Phi) is 3.97. The molecule has 0 saturated carbocycles. The van der Waals surface area contributed by atoms with E-state index in [0.717, 1.165) is 11.1 Å². The molecule has 20 heavy (non-hydrogen) atoms. The molecule has 0 spiro atoms. The number of hydrogen-bond acceptors (Lipinski definition) is 3. The Bertz CT molecular complexity index is 787. The summed E-state index contributed by atoms with van der Waals surface area (Å²) >= 11 is 0. The lowest BCUT2D eigenvalue weighted by molar-refractivity contribution is 0.552. The largest absolute Gasteiger partial charge is 0.332 e. The van der Waals surface area contributed by atoms with Crippen LogP contribution < -0.4 is 0 Å². The molecule has 0 fully saturated rings. The van der Waals surface area contributed by atoms with Crippen molar-refractivity contribution in [3.8, 4) is 6.07 Å². The lowest BCUT2D eigenvalue weighted by atomic mass is 10.1. The first-order valence-electron chi connectivity index (χ1n) is 5.72. The fourth-order valence-electron chi connectivity index (χ4n) is 1.65. The summed E-state index contributed by atoms with van der Waals surface area (Å²) in [6.07, 6.45) is 3.55. The SMILES string of the molecule is N#Cc1cccc(C=Cc2ccc(S(=O)(=O)F)cc2)c1. The van der Waals surface area contributed by atoms with Crippen LogP contribution in [0.15, 0.2) is 53.4 Å². The van der Waals surface area contributed by atoms with Crippen LogP contribution in [-0.4, -0.2) is 8.42 Å². The van der Waals surface area contributed by atoms with Crippen molar-refractivity contribution in [3.05, 3.63) is 65.2 Å². The minimum Gasteiger partial charge on any atom is -0.192 e. The van der Waals surface area contributed by atoms with Crippen molar-refractivity contribution in [2.24, 2.45) is 0 Å². The van der Waals surface area contributed by atoms with Crippen LogP contribution in [0, 0.1) is 11.3 Å². The number of benzene rings is 2. The van der Waals surface area contributed by atoms with Gasteiger partial charge in [0, 0.05) is 0 Å². The molecule has 0 radical (unpaired) electrons. The van der Waals surface area contributed by atoms with E-state index in [1.165, 1.54) is 24.3 Å². The first-order valence-corrected chi connectivity index (χ1v) is 7.10. The van der Waals surface area contributed by atoms with E-state index in [9.17, 15) is 12.3 Å². The topological polar surface area (TPSA) is 57.9 Å². The summed E-state index contributed by atoms with van der Waals surface area (Å²) in [5.74, 6) is 0. The highest BCUT2D eigenvalue weighted by atomic mass is 32.3. The van der Waals surface area contributed by atoms with Gasteiger partial charge >= 0.3 is 10.2 Å². The third kappa shape index (κ3) is 3.53. The van der Waals surface area contributed by atoms with E-state index < -0.39 is 10.2 Å². The van der Waals surface area contributed by atoms with E-state index in [-0.39, 0.29) is 4.90 Å². The first-order chi connectivity index (χ1) is 9.49. The summed E-state index contributed by atoms with van der Waals surface area (Å²) in [7, 11) is -4.66. The molecule has 0 aromatic heterocycles. The van der Waals surface area contributed by atoms with Crippen molar-refractivity contribution in [2.45, 2.75) is 4.90 Å². The number of nitrogens with zero attached hydrogens (tertiary/aromatic N) is 1. The molecule has 0 saturated heterocycles. The lowest BCUT2D eigenvalue weighted by Gasteiger charge is -1.97. The summed E-state index contributed by atoms with van der Waals surface area (Å²) in [4.78, 5) is -0.360. The number of hydrogen-bond donors (Lipinski definition) is 0. The lowest BCUT2D eigenvalue weighted by Crippen LogP contribution is -1.90. The van der Waals surface area contributed by atoms with Gasteiger partial charge in [0.2, 0.25) is 0 Å². The van der Waals surface area contributed by atoms with Crippen LogP contribution in [0.2, 0.25) is 0 Å². The second-order valence-corrected chi connectivity index (χ2v) is 5.42. The molecular formula is C15H10FNO2S. The van der Waals surface area contributed by atoms with E-state index in [0.29, 0.717) is 5.56 Å². The van der Waals surface area contributed by atoms with Crippen LogP contribution in [0.25, 0.3) is 12.2 Å². The highest BCUT2D eigenvalue weighted by Gasteiger charge is 2.10. The maximum Gasteiger partial charge on any atom is 0.332 e. The Morgan fingerprint density at radius 2 is 1.65 bits per heavy atom. The van der Waals surface area contributed by atoms with E-state index in [1.54, 1.807) is 30.4 Å². The van der Waals surface area contributed by atoms with Crippen LogP contribution in [0.5, 0.6) is 0 Å². The van der Waals surface area contributed by atoms with Gasteiger partial charge in [-0.3, -0.25) is 0 Å². The zero-order valence-electron chi connectivity index (χ0n) is 10.3. The summed E-state index contributed by atoms with van der Waals surface area (Å²) in [5, 5.41) is 8.79. The predicted molar refractivity (Wildman–Crippen MR) is 74.8 cm³/mol. The number of nitriles is 1. The van der Waals surface area contributed by atoms with Crippen LogP contribution in [0.3, 0.4) is 0 Å². The maximum atomic E-state index is 12.7. The fourth-order valence-corrected chi connectivity index (χ4v) is 2.11. The van der Waals surface area contributed by atoms with Gasteiger partial charge in [0.1, 0.15) is 0 Å². The zero-order valence-corrected chi connectivity index (χ0v) is 11.1. The minimum atomic E-state index is -4.66. The summed E-state index contributed by atoms with van der Waals surface area (Å²) < 4.78 is 34.1. The van der Waals surface area contributed by atoms with Gasteiger partial charge in [-0.1, -0.05) is 36.4 Å². The molecule has 100 valence electrons. The molecule has 0 aliphatic heterocycles. The number of rotatable bonds is 3. The molecule has 0 bridgehead atoms. The van der Waals surface area contributed by atoms with Crippen molar-refractivity contribution in [1.29, 1.82) is 5.26 Å². The molecule has 0 N–H and O–H groups in total. The predicted octanol–water partition coefficient (Wildman–Crippen LogP) is 3.39. The van der Waals surface area contributed by atoms with Gasteiger partial charge in [0.05, 0.1) is 16.5 Å². The van der Waals surface area contributed by atoms with E-state index in [1.807, 2.05) is 12.1 Å². The molecule has 0 aliphatic rings. The number of halogens is 1. The average Bonchev–Trinajstić information content (AvgIpc) is 2.45.